The van der Waals surface area contributed by atoms with Gasteiger partial charge < -0.3 is 9.13 Å². The topological polar surface area (TPSA) is 9.86 Å². The predicted molar refractivity (Wildman–Crippen MR) is 161 cm³/mol. The molecule has 0 bridgehead atoms. The molecule has 0 atom stereocenters. The number of para-hydroxylation sites is 3. The van der Waals surface area contributed by atoms with E-state index >= 15 is 0 Å². The standard InChI is InChI=1S/C36H24N2/c1-2-11-25(12-3-1)26-21-23-27(24-22-26)37-33-18-9-6-15-30(33)36-34(37)19-10-20-35(36)38-31-16-7-4-13-28(31)29-14-5-8-17-32(29)38/h1-24H. The number of aromatic nitrogens is 2. The zero-order valence-corrected chi connectivity index (χ0v) is 20.8. The zero-order chi connectivity index (χ0) is 25.1. The van der Waals surface area contributed by atoms with Gasteiger partial charge in [0.1, 0.15) is 0 Å². The number of rotatable bonds is 3. The van der Waals surface area contributed by atoms with Crippen LogP contribution in [0.2, 0.25) is 0 Å². The van der Waals surface area contributed by atoms with Crippen molar-refractivity contribution in [2.45, 2.75) is 0 Å². The van der Waals surface area contributed by atoms with Crippen LogP contribution in [0, 0.1) is 0 Å². The summed E-state index contributed by atoms with van der Waals surface area (Å²) in [6.45, 7) is 0. The van der Waals surface area contributed by atoms with Crippen molar-refractivity contribution in [3.63, 3.8) is 0 Å². The maximum atomic E-state index is 2.43. The molecule has 0 aliphatic rings. The lowest BCUT2D eigenvalue weighted by atomic mass is 10.1. The Bertz CT molecular complexity index is 2060. The summed E-state index contributed by atoms with van der Waals surface area (Å²) in [5, 5.41) is 5.08. The van der Waals surface area contributed by atoms with Crippen molar-refractivity contribution < 1.29 is 0 Å². The summed E-state index contributed by atoms with van der Waals surface area (Å²) in [4.78, 5) is 0. The molecule has 6 aromatic carbocycles. The van der Waals surface area contributed by atoms with E-state index in [4.69, 9.17) is 0 Å². The van der Waals surface area contributed by atoms with Gasteiger partial charge in [-0.25, -0.2) is 0 Å². The molecule has 2 aromatic heterocycles. The Kier molecular flexibility index (Phi) is 4.55. The first-order valence-electron chi connectivity index (χ1n) is 13.0. The summed E-state index contributed by atoms with van der Waals surface area (Å²) in [6.07, 6.45) is 0. The van der Waals surface area contributed by atoms with E-state index < -0.39 is 0 Å². The van der Waals surface area contributed by atoms with Crippen molar-refractivity contribution in [2.75, 3.05) is 0 Å². The Morgan fingerprint density at radius 3 is 1.47 bits per heavy atom. The largest absolute Gasteiger partial charge is 0.309 e. The van der Waals surface area contributed by atoms with Gasteiger partial charge in [-0.3, -0.25) is 0 Å². The van der Waals surface area contributed by atoms with E-state index in [9.17, 15) is 0 Å². The molecule has 8 aromatic rings. The summed E-state index contributed by atoms with van der Waals surface area (Å²) < 4.78 is 4.83. The molecular weight excluding hydrogens is 460 g/mol. The molecule has 0 saturated heterocycles. The van der Waals surface area contributed by atoms with E-state index in [1.165, 1.54) is 60.4 Å². The number of nitrogens with zero attached hydrogens (tertiary/aromatic N) is 2. The van der Waals surface area contributed by atoms with Crippen LogP contribution < -0.4 is 0 Å². The van der Waals surface area contributed by atoms with Crippen LogP contribution in [0.15, 0.2) is 146 Å². The normalized spacial score (nSPS) is 11.7. The predicted octanol–water partition coefficient (Wildman–Crippen LogP) is 9.55. The Hall–Kier alpha value is -5.08. The molecular formula is C36H24N2. The average Bonchev–Trinajstić information content (AvgIpc) is 3.51. The lowest BCUT2D eigenvalue weighted by Crippen LogP contribution is -1.96. The Balaban J connectivity index is 1.43. The molecule has 38 heavy (non-hydrogen) atoms. The summed E-state index contributed by atoms with van der Waals surface area (Å²) >= 11 is 0. The summed E-state index contributed by atoms with van der Waals surface area (Å²) in [5.41, 5.74) is 9.69. The molecule has 0 amide bonds. The van der Waals surface area contributed by atoms with Crippen LogP contribution >= 0.6 is 0 Å². The average molecular weight is 485 g/mol. The molecule has 2 heterocycles. The molecule has 178 valence electrons. The molecule has 2 nitrogen and oxygen atoms in total. The quantitative estimate of drug-likeness (QED) is 0.236. The van der Waals surface area contributed by atoms with E-state index in [2.05, 4.69) is 155 Å². The Morgan fingerprint density at radius 1 is 0.316 bits per heavy atom. The molecule has 0 radical (unpaired) electrons. The van der Waals surface area contributed by atoms with Crippen molar-refractivity contribution in [3.05, 3.63) is 146 Å². The third-order valence-electron chi connectivity index (χ3n) is 7.73. The fourth-order valence-electron chi connectivity index (χ4n) is 6.08. The van der Waals surface area contributed by atoms with E-state index in [1.54, 1.807) is 0 Å². The van der Waals surface area contributed by atoms with Gasteiger partial charge in [0.05, 0.1) is 27.8 Å². The number of hydrogen-bond acceptors (Lipinski definition) is 0. The maximum Gasteiger partial charge on any atom is 0.0562 e. The van der Waals surface area contributed by atoms with Crippen LogP contribution in [0.5, 0.6) is 0 Å². The second kappa shape index (κ2) is 8.22. The van der Waals surface area contributed by atoms with Gasteiger partial charge in [-0.2, -0.15) is 0 Å². The third kappa shape index (κ3) is 3.01. The van der Waals surface area contributed by atoms with Gasteiger partial charge in [0.15, 0.2) is 0 Å². The highest BCUT2D eigenvalue weighted by atomic mass is 15.0. The summed E-state index contributed by atoms with van der Waals surface area (Å²) in [5.74, 6) is 0. The van der Waals surface area contributed by atoms with Gasteiger partial charge in [0, 0.05) is 27.2 Å². The Morgan fingerprint density at radius 2 is 0.816 bits per heavy atom. The van der Waals surface area contributed by atoms with Gasteiger partial charge in [-0.1, -0.05) is 103 Å². The molecule has 0 fully saturated rings. The lowest BCUT2D eigenvalue weighted by Gasteiger charge is -2.12. The van der Waals surface area contributed by atoms with E-state index in [0.29, 0.717) is 0 Å². The molecule has 0 spiro atoms. The van der Waals surface area contributed by atoms with E-state index in [0.717, 1.165) is 5.69 Å². The first-order chi connectivity index (χ1) is 18.9. The smallest absolute Gasteiger partial charge is 0.0562 e. The van der Waals surface area contributed by atoms with Gasteiger partial charge in [0.25, 0.3) is 0 Å². The molecule has 0 saturated carbocycles. The second-order valence-corrected chi connectivity index (χ2v) is 9.81. The molecule has 0 N–H and O–H groups in total. The molecule has 0 aliphatic carbocycles. The lowest BCUT2D eigenvalue weighted by molar-refractivity contribution is 1.17. The second-order valence-electron chi connectivity index (χ2n) is 9.81. The maximum absolute atomic E-state index is 2.43. The van der Waals surface area contributed by atoms with Crippen LogP contribution in [0.3, 0.4) is 0 Å². The Labute approximate surface area is 220 Å². The first-order valence-corrected chi connectivity index (χ1v) is 13.0. The minimum Gasteiger partial charge on any atom is -0.309 e. The SMILES string of the molecule is c1ccc(-c2ccc(-n3c4ccccc4c4c(-n5c6ccccc6c6ccccc65)cccc43)cc2)cc1. The van der Waals surface area contributed by atoms with Gasteiger partial charge >= 0.3 is 0 Å². The van der Waals surface area contributed by atoms with E-state index in [-0.39, 0.29) is 0 Å². The van der Waals surface area contributed by atoms with E-state index in [1.807, 2.05) is 0 Å². The zero-order valence-electron chi connectivity index (χ0n) is 20.8. The van der Waals surface area contributed by atoms with Crippen molar-refractivity contribution in [2.24, 2.45) is 0 Å². The van der Waals surface area contributed by atoms with Gasteiger partial charge in [-0.05, 0) is 53.6 Å². The monoisotopic (exact) mass is 484 g/mol. The number of fused-ring (bicyclic) bond motifs is 6. The highest BCUT2D eigenvalue weighted by Crippen LogP contribution is 2.39. The number of hydrogen-bond donors (Lipinski definition) is 0. The summed E-state index contributed by atoms with van der Waals surface area (Å²) in [6, 6.07) is 52.4. The molecule has 0 aliphatic heterocycles. The van der Waals surface area contributed by atoms with Crippen LogP contribution in [-0.4, -0.2) is 9.13 Å². The van der Waals surface area contributed by atoms with Crippen LogP contribution in [0.25, 0.3) is 66.1 Å². The highest BCUT2D eigenvalue weighted by Gasteiger charge is 2.19. The van der Waals surface area contributed by atoms with Gasteiger partial charge in [0.2, 0.25) is 0 Å². The molecule has 8 rings (SSSR count). The van der Waals surface area contributed by atoms with Crippen molar-refractivity contribution in [3.8, 4) is 22.5 Å². The summed E-state index contributed by atoms with van der Waals surface area (Å²) in [7, 11) is 0. The van der Waals surface area contributed by atoms with Crippen molar-refractivity contribution in [1.29, 1.82) is 0 Å². The first kappa shape index (κ1) is 21.0. The van der Waals surface area contributed by atoms with Crippen LogP contribution in [-0.2, 0) is 0 Å². The van der Waals surface area contributed by atoms with Crippen molar-refractivity contribution >= 4 is 43.6 Å². The van der Waals surface area contributed by atoms with Crippen LogP contribution in [0.1, 0.15) is 0 Å². The fourth-order valence-corrected chi connectivity index (χ4v) is 6.08. The fraction of sp³-hybridized carbons (Fsp3) is 0. The minimum absolute atomic E-state index is 1.16. The van der Waals surface area contributed by atoms with Crippen LogP contribution in [0.4, 0.5) is 0 Å². The third-order valence-corrected chi connectivity index (χ3v) is 7.73. The molecule has 2 heteroatoms. The number of benzene rings is 6. The van der Waals surface area contributed by atoms with Gasteiger partial charge in [-0.15, -0.1) is 0 Å². The molecule has 0 unspecified atom stereocenters. The minimum atomic E-state index is 1.16. The van der Waals surface area contributed by atoms with Crippen molar-refractivity contribution in [1.82, 2.24) is 9.13 Å². The highest BCUT2D eigenvalue weighted by molar-refractivity contribution is 6.16.